The van der Waals surface area contributed by atoms with Crippen LogP contribution >= 0.6 is 23.2 Å². The summed E-state index contributed by atoms with van der Waals surface area (Å²) in [5.74, 6) is -0.0282. The van der Waals surface area contributed by atoms with E-state index in [-0.39, 0.29) is 35.9 Å². The van der Waals surface area contributed by atoms with Crippen LogP contribution < -0.4 is 10.6 Å². The Balaban J connectivity index is 1.15. The summed E-state index contributed by atoms with van der Waals surface area (Å²) in [7, 11) is 0. The summed E-state index contributed by atoms with van der Waals surface area (Å²) >= 11 is 12.5. The molecule has 2 amide bonds. The highest BCUT2D eigenvalue weighted by Crippen LogP contribution is 2.42. The van der Waals surface area contributed by atoms with Crippen molar-refractivity contribution < 1.29 is 19.4 Å². The van der Waals surface area contributed by atoms with E-state index in [9.17, 15) is 9.90 Å². The number of halogens is 2. The van der Waals surface area contributed by atoms with E-state index in [1.54, 1.807) is 10.9 Å². The SMILES string of the molecule is CC1C(Cn2cnc(Cl)c2Cl)OC(c2ccc(-c3cccc(CNC(=O)NCc4ccccc4)c3)cc2)OC1c1ccc(CO)cc1. The van der Waals surface area contributed by atoms with Gasteiger partial charge >= 0.3 is 6.03 Å². The van der Waals surface area contributed by atoms with Gasteiger partial charge < -0.3 is 29.8 Å². The van der Waals surface area contributed by atoms with Crippen LogP contribution in [0.5, 0.6) is 0 Å². The molecule has 242 valence electrons. The monoisotopic (exact) mass is 670 g/mol. The molecule has 47 heavy (non-hydrogen) atoms. The van der Waals surface area contributed by atoms with Crippen molar-refractivity contribution in [3.8, 4) is 11.1 Å². The zero-order valence-electron chi connectivity index (χ0n) is 25.9. The standard InChI is InChI=1S/C37H36Cl2N4O4/c1-24-32(21-43-23-42-34(38)35(43)39)46-36(47-33(24)29-12-10-26(22-44)11-13-29)30-16-14-28(15-17-30)31-9-5-8-27(18-31)20-41-37(45)40-19-25-6-3-2-4-7-25/h2-18,23-24,32-33,36,44H,19-22H2,1H3,(H2,40,41,45). The molecule has 8 nitrogen and oxygen atoms in total. The molecule has 1 aliphatic heterocycles. The van der Waals surface area contributed by atoms with Gasteiger partial charge in [0.15, 0.2) is 11.4 Å². The lowest BCUT2D eigenvalue weighted by molar-refractivity contribution is -0.276. The van der Waals surface area contributed by atoms with Gasteiger partial charge in [0.1, 0.15) is 5.15 Å². The van der Waals surface area contributed by atoms with E-state index in [0.717, 1.165) is 38.9 Å². The van der Waals surface area contributed by atoms with Gasteiger partial charge in [-0.05, 0) is 39.4 Å². The summed E-state index contributed by atoms with van der Waals surface area (Å²) in [6, 6.07) is 33.6. The van der Waals surface area contributed by atoms with Gasteiger partial charge in [-0.3, -0.25) is 0 Å². The summed E-state index contributed by atoms with van der Waals surface area (Å²) in [5, 5.41) is 16.0. The summed E-state index contributed by atoms with van der Waals surface area (Å²) in [6.45, 7) is 3.40. The summed E-state index contributed by atoms with van der Waals surface area (Å²) < 4.78 is 14.9. The quantitative estimate of drug-likeness (QED) is 0.141. The second kappa shape index (κ2) is 15.2. The van der Waals surface area contributed by atoms with Gasteiger partial charge in [-0.1, -0.05) is 127 Å². The maximum Gasteiger partial charge on any atom is 0.315 e. The van der Waals surface area contributed by atoms with Gasteiger partial charge in [0.2, 0.25) is 0 Å². The number of aromatic nitrogens is 2. The van der Waals surface area contributed by atoms with Gasteiger partial charge in [0.25, 0.3) is 0 Å². The highest BCUT2D eigenvalue weighted by molar-refractivity contribution is 6.40. The smallest absolute Gasteiger partial charge is 0.315 e. The Kier molecular flexibility index (Phi) is 10.6. The normalized spacial score (nSPS) is 19.3. The molecule has 1 aliphatic rings. The van der Waals surface area contributed by atoms with Crippen molar-refractivity contribution in [1.82, 2.24) is 20.2 Å². The van der Waals surface area contributed by atoms with Crippen molar-refractivity contribution in [3.63, 3.8) is 0 Å². The predicted octanol–water partition coefficient (Wildman–Crippen LogP) is 7.84. The van der Waals surface area contributed by atoms with Crippen LogP contribution in [0.15, 0.2) is 109 Å². The van der Waals surface area contributed by atoms with Crippen LogP contribution in [-0.2, 0) is 35.7 Å². The minimum Gasteiger partial charge on any atom is -0.392 e. The number of aliphatic hydroxyl groups excluding tert-OH is 1. The van der Waals surface area contributed by atoms with Crippen molar-refractivity contribution in [2.45, 2.75) is 51.7 Å². The topological polar surface area (TPSA) is 97.6 Å². The number of amides is 2. The number of aliphatic hydroxyl groups is 1. The number of carbonyl (C=O) groups is 1. The first-order valence-corrected chi connectivity index (χ1v) is 16.2. The summed E-state index contributed by atoms with van der Waals surface area (Å²) in [4.78, 5) is 16.5. The van der Waals surface area contributed by atoms with E-state index in [1.165, 1.54) is 0 Å². The van der Waals surface area contributed by atoms with Crippen molar-refractivity contribution in [2.24, 2.45) is 5.92 Å². The molecule has 0 radical (unpaired) electrons. The third-order valence-electron chi connectivity index (χ3n) is 8.43. The number of urea groups is 1. The van der Waals surface area contributed by atoms with Crippen LogP contribution in [0.25, 0.3) is 11.1 Å². The van der Waals surface area contributed by atoms with Crippen molar-refractivity contribution in [1.29, 1.82) is 0 Å². The molecule has 4 atom stereocenters. The Labute approximate surface area is 284 Å². The molecule has 10 heteroatoms. The summed E-state index contributed by atoms with van der Waals surface area (Å²) in [6.07, 6.45) is 0.465. The lowest BCUT2D eigenvalue weighted by atomic mass is 9.90. The van der Waals surface area contributed by atoms with Gasteiger partial charge in [-0.2, -0.15) is 0 Å². The van der Waals surface area contributed by atoms with E-state index in [2.05, 4.69) is 28.6 Å². The first-order chi connectivity index (χ1) is 22.9. The molecule has 5 aromatic rings. The Bertz CT molecular complexity index is 1780. The number of nitrogens with zero attached hydrogens (tertiary/aromatic N) is 2. The number of carbonyl (C=O) groups excluding carboxylic acids is 1. The molecule has 6 rings (SSSR count). The second-order valence-electron chi connectivity index (χ2n) is 11.6. The fourth-order valence-electron chi connectivity index (χ4n) is 5.71. The van der Waals surface area contributed by atoms with E-state index in [4.69, 9.17) is 32.7 Å². The zero-order valence-corrected chi connectivity index (χ0v) is 27.4. The van der Waals surface area contributed by atoms with Crippen LogP contribution in [0.3, 0.4) is 0 Å². The van der Waals surface area contributed by atoms with Crippen molar-refractivity contribution in [2.75, 3.05) is 0 Å². The first-order valence-electron chi connectivity index (χ1n) is 15.5. The van der Waals surface area contributed by atoms with Crippen LogP contribution in [-0.4, -0.2) is 26.8 Å². The molecule has 0 aliphatic carbocycles. The highest BCUT2D eigenvalue weighted by Gasteiger charge is 2.38. The minimum absolute atomic E-state index is 0.0224. The lowest BCUT2D eigenvalue weighted by Gasteiger charge is -2.41. The molecule has 2 heterocycles. The number of nitrogens with one attached hydrogen (secondary N) is 2. The molecule has 0 saturated carbocycles. The fourth-order valence-corrected chi connectivity index (χ4v) is 6.02. The third kappa shape index (κ3) is 8.04. The lowest BCUT2D eigenvalue weighted by Crippen LogP contribution is -2.39. The van der Waals surface area contributed by atoms with Crippen LogP contribution in [0.2, 0.25) is 10.3 Å². The molecule has 1 aromatic heterocycles. The van der Waals surface area contributed by atoms with Crippen molar-refractivity contribution in [3.05, 3.63) is 148 Å². The van der Waals surface area contributed by atoms with Crippen LogP contribution in [0.1, 0.15) is 47.1 Å². The fraction of sp³-hybridized carbons (Fsp3) is 0.243. The first kappa shape index (κ1) is 32.7. The number of hydrogen-bond acceptors (Lipinski definition) is 5. The van der Waals surface area contributed by atoms with E-state index in [0.29, 0.717) is 24.8 Å². The number of imidazole rings is 1. The minimum atomic E-state index is -0.629. The molecular formula is C37H36Cl2N4O4. The molecule has 0 bridgehead atoms. The van der Waals surface area contributed by atoms with Crippen molar-refractivity contribution >= 4 is 29.2 Å². The number of rotatable bonds is 10. The molecule has 4 unspecified atom stereocenters. The average molecular weight is 672 g/mol. The van der Waals surface area contributed by atoms with E-state index < -0.39 is 6.29 Å². The van der Waals surface area contributed by atoms with Gasteiger partial charge in [0, 0.05) is 24.6 Å². The number of ether oxygens (including phenoxy) is 2. The number of hydrogen-bond donors (Lipinski definition) is 3. The van der Waals surface area contributed by atoms with Gasteiger partial charge in [0.05, 0.1) is 31.7 Å². The van der Waals surface area contributed by atoms with Gasteiger partial charge in [-0.15, -0.1) is 0 Å². The summed E-state index contributed by atoms with van der Waals surface area (Å²) in [5.41, 5.74) is 6.81. The highest BCUT2D eigenvalue weighted by atomic mass is 35.5. The Morgan fingerprint density at radius 2 is 1.49 bits per heavy atom. The maximum absolute atomic E-state index is 12.4. The Morgan fingerprint density at radius 3 is 2.17 bits per heavy atom. The van der Waals surface area contributed by atoms with Crippen LogP contribution in [0.4, 0.5) is 4.79 Å². The largest absolute Gasteiger partial charge is 0.392 e. The zero-order chi connectivity index (χ0) is 32.8. The molecule has 0 spiro atoms. The molecule has 3 N–H and O–H groups in total. The molecule has 1 fully saturated rings. The molecule has 1 saturated heterocycles. The maximum atomic E-state index is 12.4. The van der Waals surface area contributed by atoms with Gasteiger partial charge in [-0.25, -0.2) is 9.78 Å². The average Bonchev–Trinajstić information content (AvgIpc) is 3.43. The number of benzene rings is 4. The third-order valence-corrected chi connectivity index (χ3v) is 9.19. The predicted molar refractivity (Wildman–Crippen MR) is 183 cm³/mol. The Morgan fingerprint density at radius 1 is 0.809 bits per heavy atom. The second-order valence-corrected chi connectivity index (χ2v) is 12.4. The molecule has 4 aromatic carbocycles. The van der Waals surface area contributed by atoms with Crippen LogP contribution in [0, 0.1) is 5.92 Å². The Hall–Kier alpha value is -4.18. The van der Waals surface area contributed by atoms with E-state index in [1.807, 2.05) is 97.1 Å². The van der Waals surface area contributed by atoms with E-state index >= 15 is 0 Å². The molecular weight excluding hydrogens is 635 g/mol.